The number of aromatic nitrogens is 1. The molecule has 0 aliphatic rings. The van der Waals surface area contributed by atoms with Crippen molar-refractivity contribution in [2.24, 2.45) is 0 Å². The molecule has 3 rings (SSSR count). The van der Waals surface area contributed by atoms with Gasteiger partial charge in [0, 0.05) is 18.5 Å². The molecule has 0 unspecified atom stereocenters. The molecule has 0 aliphatic carbocycles. The third-order valence-corrected chi connectivity index (χ3v) is 4.32. The number of nitrogens with one attached hydrogen (secondary N) is 3. The normalized spacial score (nSPS) is 10.6. The number of amides is 2. The van der Waals surface area contributed by atoms with Crippen molar-refractivity contribution < 1.29 is 23.5 Å². The van der Waals surface area contributed by atoms with Gasteiger partial charge in [-0.1, -0.05) is 0 Å². The van der Waals surface area contributed by atoms with Crippen LogP contribution in [0.5, 0.6) is 11.5 Å². The minimum Gasteiger partial charge on any atom is -0.496 e. The van der Waals surface area contributed by atoms with E-state index < -0.39 is 0 Å². The van der Waals surface area contributed by atoms with Crippen LogP contribution in [0.1, 0.15) is 21.0 Å². The molecule has 0 atom stereocenters. The predicted molar refractivity (Wildman–Crippen MR) is 102 cm³/mol. The zero-order valence-electron chi connectivity index (χ0n) is 14.7. The second-order valence-electron chi connectivity index (χ2n) is 5.56. The van der Waals surface area contributed by atoms with Crippen LogP contribution in [0.25, 0.3) is 10.9 Å². The highest BCUT2D eigenvalue weighted by molar-refractivity contribution is 9.10. The van der Waals surface area contributed by atoms with Gasteiger partial charge in [-0.05, 0) is 46.3 Å². The number of hydrogen-bond donors (Lipinski definition) is 3. The van der Waals surface area contributed by atoms with E-state index in [-0.39, 0.29) is 30.7 Å². The van der Waals surface area contributed by atoms with Crippen molar-refractivity contribution in [3.05, 3.63) is 46.5 Å². The molecule has 9 heteroatoms. The fourth-order valence-corrected chi connectivity index (χ4v) is 2.92. The van der Waals surface area contributed by atoms with Crippen molar-refractivity contribution in [3.8, 4) is 11.5 Å². The van der Waals surface area contributed by atoms with Crippen LogP contribution < -0.4 is 20.1 Å². The van der Waals surface area contributed by atoms with Crippen LogP contribution in [0.3, 0.4) is 0 Å². The Morgan fingerprint density at radius 2 is 1.70 bits per heavy atom. The highest BCUT2D eigenvalue weighted by Crippen LogP contribution is 2.33. The molecule has 2 amide bonds. The quantitative estimate of drug-likeness (QED) is 0.494. The first-order valence-corrected chi connectivity index (χ1v) is 8.88. The van der Waals surface area contributed by atoms with Gasteiger partial charge >= 0.3 is 0 Å². The predicted octanol–water partition coefficient (Wildman–Crippen LogP) is 2.70. The van der Waals surface area contributed by atoms with Gasteiger partial charge in [-0.25, -0.2) is 0 Å². The average Bonchev–Trinajstić information content (AvgIpc) is 3.30. The molecule has 0 aliphatic heterocycles. The lowest BCUT2D eigenvalue weighted by atomic mass is 10.2. The fourth-order valence-electron chi connectivity index (χ4n) is 2.61. The molecule has 8 nitrogen and oxygen atoms in total. The van der Waals surface area contributed by atoms with Crippen molar-refractivity contribution in [1.82, 2.24) is 15.6 Å². The number of hydrogen-bond acceptors (Lipinski definition) is 5. The summed E-state index contributed by atoms with van der Waals surface area (Å²) in [5.74, 6) is 0.794. The van der Waals surface area contributed by atoms with Crippen LogP contribution in [-0.2, 0) is 0 Å². The molecule has 142 valence electrons. The number of ether oxygens (including phenoxy) is 2. The van der Waals surface area contributed by atoms with Crippen molar-refractivity contribution in [1.29, 1.82) is 0 Å². The van der Waals surface area contributed by atoms with Gasteiger partial charge < -0.3 is 29.5 Å². The lowest BCUT2D eigenvalue weighted by Gasteiger charge is -2.05. The standard InChI is InChI=1S/C18H18BrN3O5/c1-25-12-3-4-13(26-2)16-10(12)9-11(22-16)17(23)20-7-8-21-18(24)14-5-6-15(19)27-14/h3-6,9,22H,7-8H2,1-2H3,(H,20,23)(H,21,24). The highest BCUT2D eigenvalue weighted by Gasteiger charge is 2.15. The van der Waals surface area contributed by atoms with Gasteiger partial charge in [0.25, 0.3) is 11.8 Å². The number of carbonyl (C=O) groups excluding carboxylic acids is 2. The Hall–Kier alpha value is -2.94. The molecular weight excluding hydrogens is 418 g/mol. The maximum absolute atomic E-state index is 12.4. The molecule has 2 aromatic heterocycles. The molecule has 27 heavy (non-hydrogen) atoms. The van der Waals surface area contributed by atoms with Crippen LogP contribution in [-0.4, -0.2) is 44.1 Å². The maximum Gasteiger partial charge on any atom is 0.287 e. The molecule has 0 saturated carbocycles. The zero-order chi connectivity index (χ0) is 19.4. The van der Waals surface area contributed by atoms with E-state index in [0.717, 1.165) is 5.39 Å². The number of carbonyl (C=O) groups is 2. The summed E-state index contributed by atoms with van der Waals surface area (Å²) in [7, 11) is 3.12. The van der Waals surface area contributed by atoms with Gasteiger partial charge in [-0.2, -0.15) is 0 Å². The van der Waals surface area contributed by atoms with Gasteiger partial charge in [0.2, 0.25) is 0 Å². The van der Waals surface area contributed by atoms with E-state index in [2.05, 4.69) is 31.5 Å². The molecule has 0 bridgehead atoms. The number of aromatic amines is 1. The summed E-state index contributed by atoms with van der Waals surface area (Å²) in [6.07, 6.45) is 0. The minimum atomic E-state index is -0.352. The largest absolute Gasteiger partial charge is 0.496 e. The number of benzene rings is 1. The van der Waals surface area contributed by atoms with E-state index in [1.807, 2.05) is 0 Å². The maximum atomic E-state index is 12.4. The Kier molecular flexibility index (Phi) is 5.70. The number of furan rings is 1. The molecule has 0 saturated heterocycles. The fraction of sp³-hybridized carbons (Fsp3) is 0.222. The Bertz CT molecular complexity index is 938. The topological polar surface area (TPSA) is 106 Å². The average molecular weight is 436 g/mol. The molecule has 0 radical (unpaired) electrons. The van der Waals surface area contributed by atoms with E-state index >= 15 is 0 Å². The lowest BCUT2D eigenvalue weighted by Crippen LogP contribution is -2.34. The minimum absolute atomic E-state index is 0.197. The van der Waals surface area contributed by atoms with Gasteiger partial charge in [0.15, 0.2) is 10.4 Å². The summed E-state index contributed by atoms with van der Waals surface area (Å²) in [5, 5.41) is 6.15. The summed E-state index contributed by atoms with van der Waals surface area (Å²) < 4.78 is 16.3. The van der Waals surface area contributed by atoms with Crippen LogP contribution in [0.15, 0.2) is 39.4 Å². The summed E-state index contributed by atoms with van der Waals surface area (Å²) in [5.41, 5.74) is 1.05. The van der Waals surface area contributed by atoms with Gasteiger partial charge in [-0.3, -0.25) is 9.59 Å². The van der Waals surface area contributed by atoms with E-state index in [0.29, 0.717) is 27.4 Å². The third kappa shape index (κ3) is 4.08. The van der Waals surface area contributed by atoms with Crippen molar-refractivity contribution in [2.45, 2.75) is 0 Å². The highest BCUT2D eigenvalue weighted by atomic mass is 79.9. The first-order valence-electron chi connectivity index (χ1n) is 8.09. The molecule has 3 N–H and O–H groups in total. The molecule has 1 aromatic carbocycles. The van der Waals surface area contributed by atoms with Crippen LogP contribution >= 0.6 is 15.9 Å². The Balaban J connectivity index is 1.60. The summed E-state index contributed by atoms with van der Waals surface area (Å²) in [6.45, 7) is 0.520. The first kappa shape index (κ1) is 18.8. The van der Waals surface area contributed by atoms with Crippen molar-refractivity contribution in [3.63, 3.8) is 0 Å². The first-order chi connectivity index (χ1) is 13.0. The van der Waals surface area contributed by atoms with Gasteiger partial charge in [0.1, 0.15) is 17.2 Å². The van der Waals surface area contributed by atoms with Crippen LogP contribution in [0, 0.1) is 0 Å². The van der Waals surface area contributed by atoms with Gasteiger partial charge in [0.05, 0.1) is 19.7 Å². The molecule has 0 fully saturated rings. The monoisotopic (exact) mass is 435 g/mol. The number of H-pyrrole nitrogens is 1. The molecule has 2 heterocycles. The molecular formula is C18H18BrN3O5. The Labute approximate surface area is 163 Å². The Morgan fingerprint density at radius 1 is 1.04 bits per heavy atom. The molecule has 0 spiro atoms. The van der Waals surface area contributed by atoms with Crippen molar-refractivity contribution in [2.75, 3.05) is 27.3 Å². The summed E-state index contributed by atoms with van der Waals surface area (Å²) in [6, 6.07) is 8.43. The number of fused-ring (bicyclic) bond motifs is 1. The number of halogens is 1. The number of methoxy groups -OCH3 is 2. The second kappa shape index (κ2) is 8.17. The number of rotatable bonds is 7. The SMILES string of the molecule is COc1ccc(OC)c2[nH]c(C(=O)NCCNC(=O)c3ccc(Br)o3)cc12. The van der Waals surface area contributed by atoms with E-state index in [4.69, 9.17) is 13.9 Å². The summed E-state index contributed by atoms with van der Waals surface area (Å²) >= 11 is 3.14. The summed E-state index contributed by atoms with van der Waals surface area (Å²) in [4.78, 5) is 27.3. The van der Waals surface area contributed by atoms with Crippen LogP contribution in [0.2, 0.25) is 0 Å². The molecule has 3 aromatic rings. The van der Waals surface area contributed by atoms with E-state index in [9.17, 15) is 9.59 Å². The van der Waals surface area contributed by atoms with E-state index in [1.54, 1.807) is 44.6 Å². The third-order valence-electron chi connectivity index (χ3n) is 3.89. The zero-order valence-corrected chi connectivity index (χ0v) is 16.3. The van der Waals surface area contributed by atoms with Crippen molar-refractivity contribution >= 4 is 38.6 Å². The van der Waals surface area contributed by atoms with Gasteiger partial charge in [-0.15, -0.1) is 0 Å². The van der Waals surface area contributed by atoms with E-state index in [1.165, 1.54) is 0 Å². The lowest BCUT2D eigenvalue weighted by molar-refractivity contribution is 0.0908. The smallest absolute Gasteiger partial charge is 0.287 e. The Morgan fingerprint density at radius 3 is 2.33 bits per heavy atom. The second-order valence-corrected chi connectivity index (χ2v) is 6.34. The van der Waals surface area contributed by atoms with Crippen LogP contribution in [0.4, 0.5) is 0 Å².